The second-order valence-corrected chi connectivity index (χ2v) is 9.36. The molecule has 0 unspecified atom stereocenters. The normalized spacial score (nSPS) is 19.6. The van der Waals surface area contributed by atoms with Gasteiger partial charge < -0.3 is 9.16 Å². The average Bonchev–Trinajstić information content (AvgIpc) is 2.95. The van der Waals surface area contributed by atoms with Crippen LogP contribution in [-0.2, 0) is 14.0 Å². The van der Waals surface area contributed by atoms with Gasteiger partial charge in [-0.2, -0.15) is 0 Å². The van der Waals surface area contributed by atoms with Crippen LogP contribution in [0.3, 0.4) is 0 Å². The lowest BCUT2D eigenvalue weighted by Gasteiger charge is -2.36. The molecule has 1 rings (SSSR count). The molecule has 0 aliphatic heterocycles. The summed E-state index contributed by atoms with van der Waals surface area (Å²) in [6.45, 7) is 13.0. The second kappa shape index (κ2) is 4.73. The predicted octanol–water partition coefficient (Wildman–Crippen LogP) is 2.43. The Kier molecular flexibility index (Phi) is 4.09. The Morgan fingerprint density at radius 3 is 2.12 bits per heavy atom. The molecule has 0 aromatic rings. The molecule has 0 saturated heterocycles. The van der Waals surface area contributed by atoms with Crippen LogP contribution in [0.4, 0.5) is 0 Å². The van der Waals surface area contributed by atoms with Crippen molar-refractivity contribution in [1.29, 1.82) is 0 Å². The van der Waals surface area contributed by atoms with E-state index in [-0.39, 0.29) is 22.0 Å². The van der Waals surface area contributed by atoms with Crippen molar-refractivity contribution in [3.63, 3.8) is 0 Å². The highest BCUT2D eigenvalue weighted by atomic mass is 28.2. The van der Waals surface area contributed by atoms with E-state index in [1.807, 2.05) is 20.8 Å². The van der Waals surface area contributed by atoms with Crippen molar-refractivity contribution in [2.24, 2.45) is 5.41 Å². The van der Waals surface area contributed by atoms with E-state index in [0.29, 0.717) is 6.61 Å². The zero-order valence-corrected chi connectivity index (χ0v) is 13.5. The summed E-state index contributed by atoms with van der Waals surface area (Å²) in [6.07, 6.45) is 1.80. The van der Waals surface area contributed by atoms with Crippen LogP contribution in [0.5, 0.6) is 0 Å². The molecule has 1 fully saturated rings. The van der Waals surface area contributed by atoms with Crippen molar-refractivity contribution in [2.45, 2.75) is 65.0 Å². The number of rotatable bonds is 5. The molecular weight excluding hydrogens is 232 g/mol. The topological polar surface area (TPSA) is 35.5 Å². The highest BCUT2D eigenvalue weighted by Gasteiger charge is 2.62. The molecule has 0 atom stereocenters. The summed E-state index contributed by atoms with van der Waals surface area (Å²) in [5.74, 6) is -0.0760. The largest absolute Gasteiger partial charge is 0.465 e. The van der Waals surface area contributed by atoms with Gasteiger partial charge in [0.2, 0.25) is 0 Å². The molecule has 0 aromatic heterocycles. The fraction of sp³-hybridized carbons (Fsp3) is 0.923. The number of carbonyl (C=O) groups is 1. The maximum atomic E-state index is 12.0. The minimum Gasteiger partial charge on any atom is -0.465 e. The summed E-state index contributed by atoms with van der Waals surface area (Å²) in [4.78, 5) is 12.0. The third-order valence-corrected chi connectivity index (χ3v) is 5.17. The number of esters is 1. The summed E-state index contributed by atoms with van der Waals surface area (Å²) in [5, 5.41) is 0.252. The Hall–Kier alpha value is -0.353. The van der Waals surface area contributed by atoms with Crippen LogP contribution in [-0.4, -0.2) is 27.9 Å². The first-order valence-electron chi connectivity index (χ1n) is 6.46. The first-order valence-corrected chi connectivity index (χ1v) is 7.74. The van der Waals surface area contributed by atoms with Crippen LogP contribution >= 0.6 is 0 Å². The van der Waals surface area contributed by atoms with E-state index in [9.17, 15) is 4.79 Å². The van der Waals surface area contributed by atoms with E-state index in [4.69, 9.17) is 9.16 Å². The lowest BCUT2D eigenvalue weighted by molar-refractivity contribution is -0.158. The quantitative estimate of drug-likeness (QED) is 0.561. The maximum Gasteiger partial charge on any atom is 0.314 e. The van der Waals surface area contributed by atoms with Gasteiger partial charge >= 0.3 is 5.97 Å². The molecule has 100 valence electrons. The third-order valence-electron chi connectivity index (χ3n) is 3.43. The van der Waals surface area contributed by atoms with Crippen LogP contribution in [0.1, 0.15) is 54.4 Å². The summed E-state index contributed by atoms with van der Waals surface area (Å²) >= 11 is 0. The number of hydrogen-bond acceptors (Lipinski definition) is 3. The lowest BCUT2D eigenvalue weighted by Crippen LogP contribution is -2.44. The molecule has 0 radical (unpaired) electrons. The molecule has 0 amide bonds. The highest BCUT2D eigenvalue weighted by Crippen LogP contribution is 2.56. The van der Waals surface area contributed by atoms with Gasteiger partial charge in [-0.25, -0.2) is 0 Å². The molecule has 0 bridgehead atoms. The van der Waals surface area contributed by atoms with Crippen LogP contribution in [0.2, 0.25) is 5.04 Å². The Balaban J connectivity index is 2.66. The lowest BCUT2D eigenvalue weighted by atomic mass is 9.88. The molecule has 0 spiro atoms. The summed E-state index contributed by atoms with van der Waals surface area (Å²) in [6, 6.07) is 0. The molecule has 0 N–H and O–H groups in total. The van der Waals surface area contributed by atoms with Crippen molar-refractivity contribution in [3.8, 4) is 0 Å². The molecule has 4 heteroatoms. The average molecular weight is 258 g/mol. The fourth-order valence-electron chi connectivity index (χ4n) is 1.98. The molecule has 17 heavy (non-hydrogen) atoms. The fourth-order valence-corrected chi connectivity index (χ4v) is 3.05. The SMILES string of the molecule is CCOC(=O)C1(C(C)(C)O[SiH2]C(C)(C)C)CC1. The van der Waals surface area contributed by atoms with E-state index >= 15 is 0 Å². The number of hydrogen-bond donors (Lipinski definition) is 0. The van der Waals surface area contributed by atoms with Crippen LogP contribution in [0.15, 0.2) is 0 Å². The van der Waals surface area contributed by atoms with Crippen molar-refractivity contribution in [3.05, 3.63) is 0 Å². The monoisotopic (exact) mass is 258 g/mol. The summed E-state index contributed by atoms with van der Waals surface area (Å²) in [5.41, 5.74) is -0.750. The Labute approximate surface area is 107 Å². The maximum absolute atomic E-state index is 12.0. The van der Waals surface area contributed by atoms with Crippen LogP contribution in [0.25, 0.3) is 0 Å². The van der Waals surface area contributed by atoms with Crippen molar-refractivity contribution in [2.75, 3.05) is 6.61 Å². The molecule has 0 aromatic carbocycles. The first kappa shape index (κ1) is 14.7. The van der Waals surface area contributed by atoms with Gasteiger partial charge in [0.05, 0.1) is 17.6 Å². The Morgan fingerprint density at radius 1 is 1.24 bits per heavy atom. The highest BCUT2D eigenvalue weighted by molar-refractivity contribution is 6.31. The van der Waals surface area contributed by atoms with Gasteiger partial charge in [0.1, 0.15) is 0 Å². The van der Waals surface area contributed by atoms with E-state index < -0.39 is 9.76 Å². The van der Waals surface area contributed by atoms with Gasteiger partial charge in [0, 0.05) is 0 Å². The number of carbonyl (C=O) groups excluding carboxylic acids is 1. The minimum absolute atomic E-state index is 0.0760. The van der Waals surface area contributed by atoms with Crippen LogP contribution < -0.4 is 0 Å². The van der Waals surface area contributed by atoms with Gasteiger partial charge in [0.25, 0.3) is 0 Å². The molecule has 1 saturated carbocycles. The molecule has 1 aliphatic rings. The number of ether oxygens (including phenoxy) is 1. The molecule has 1 aliphatic carbocycles. The Morgan fingerprint density at radius 2 is 1.76 bits per heavy atom. The third kappa shape index (κ3) is 3.32. The van der Waals surface area contributed by atoms with E-state index in [1.165, 1.54) is 0 Å². The van der Waals surface area contributed by atoms with Crippen molar-refractivity contribution in [1.82, 2.24) is 0 Å². The minimum atomic E-state index is -0.648. The van der Waals surface area contributed by atoms with E-state index in [2.05, 4.69) is 20.8 Å². The van der Waals surface area contributed by atoms with Gasteiger partial charge in [-0.3, -0.25) is 4.79 Å². The van der Waals surface area contributed by atoms with E-state index in [0.717, 1.165) is 12.8 Å². The molecule has 0 heterocycles. The smallest absolute Gasteiger partial charge is 0.314 e. The van der Waals surface area contributed by atoms with Gasteiger partial charge in [-0.05, 0) is 38.7 Å². The zero-order valence-electron chi connectivity index (χ0n) is 12.1. The van der Waals surface area contributed by atoms with E-state index in [1.54, 1.807) is 0 Å². The zero-order chi connectivity index (χ0) is 13.3. The van der Waals surface area contributed by atoms with Gasteiger partial charge in [-0.15, -0.1) is 0 Å². The Bertz CT molecular complexity index is 288. The first-order chi connectivity index (χ1) is 7.65. The van der Waals surface area contributed by atoms with Gasteiger partial charge in [-0.1, -0.05) is 20.8 Å². The predicted molar refractivity (Wildman–Crippen MR) is 71.7 cm³/mol. The molecular formula is C13H26O3Si. The summed E-state index contributed by atoms with van der Waals surface area (Å²) in [7, 11) is -0.648. The van der Waals surface area contributed by atoms with Gasteiger partial charge in [0.15, 0.2) is 9.76 Å². The van der Waals surface area contributed by atoms with Crippen molar-refractivity contribution >= 4 is 15.7 Å². The second-order valence-electron chi connectivity index (χ2n) is 6.66. The van der Waals surface area contributed by atoms with Crippen LogP contribution in [0, 0.1) is 5.41 Å². The van der Waals surface area contributed by atoms with Crippen molar-refractivity contribution < 1.29 is 14.0 Å². The summed E-state index contributed by atoms with van der Waals surface area (Å²) < 4.78 is 11.3. The standard InChI is InChI=1S/C13H26O3Si/c1-7-15-10(14)13(8-9-13)12(5,6)16-17-11(2,3)4/h7-9,17H2,1-6H3. The molecule has 3 nitrogen and oxygen atoms in total.